The lowest BCUT2D eigenvalue weighted by atomic mass is 10.4. The zero-order valence-electron chi connectivity index (χ0n) is 7.32. The van der Waals surface area contributed by atoms with Gasteiger partial charge in [-0.15, -0.1) is 0 Å². The summed E-state index contributed by atoms with van der Waals surface area (Å²) in [7, 11) is 1.67. The van der Waals surface area contributed by atoms with Gasteiger partial charge < -0.3 is 10.6 Å². The predicted octanol–water partition coefficient (Wildman–Crippen LogP) is -0.512. The second-order valence-corrected chi connectivity index (χ2v) is 2.33. The molecule has 0 aliphatic heterocycles. The summed E-state index contributed by atoms with van der Waals surface area (Å²) in [4.78, 5) is 4.89. The number of nitriles is 1. The van der Waals surface area contributed by atoms with Gasteiger partial charge in [-0.05, 0) is 0 Å². The van der Waals surface area contributed by atoms with Crippen molar-refractivity contribution >= 4 is 5.82 Å². The number of hydroxylamine groups is 1. The van der Waals surface area contributed by atoms with E-state index >= 15 is 0 Å². The molecular weight excluding hydrogens is 170 g/mol. The average molecular weight is 181 g/mol. The van der Waals surface area contributed by atoms with E-state index < -0.39 is 0 Å². The fourth-order valence-corrected chi connectivity index (χ4v) is 0.893. The summed E-state index contributed by atoms with van der Waals surface area (Å²) in [6.45, 7) is 0.974. The summed E-state index contributed by atoms with van der Waals surface area (Å²) in [6.07, 6.45) is 1.44. The van der Waals surface area contributed by atoms with Gasteiger partial charge in [0.1, 0.15) is 17.5 Å². The van der Waals surface area contributed by atoms with Gasteiger partial charge in [0, 0.05) is 7.05 Å². The number of hydrogen-bond donors (Lipinski definition) is 2. The van der Waals surface area contributed by atoms with Crippen LogP contribution in [0, 0.1) is 11.3 Å². The SMILES string of the molecule is CNOCCn1ncc(C#N)c1N. The highest BCUT2D eigenvalue weighted by atomic mass is 16.6. The van der Waals surface area contributed by atoms with Gasteiger partial charge in [-0.1, -0.05) is 0 Å². The third-order valence-electron chi connectivity index (χ3n) is 1.55. The number of aromatic nitrogens is 2. The van der Waals surface area contributed by atoms with E-state index in [0.29, 0.717) is 24.5 Å². The number of rotatable bonds is 4. The highest BCUT2D eigenvalue weighted by Crippen LogP contribution is 2.08. The van der Waals surface area contributed by atoms with Crippen molar-refractivity contribution in [3.63, 3.8) is 0 Å². The van der Waals surface area contributed by atoms with Crippen LogP contribution in [0.3, 0.4) is 0 Å². The monoisotopic (exact) mass is 181 g/mol. The third kappa shape index (κ3) is 2.18. The van der Waals surface area contributed by atoms with E-state index in [-0.39, 0.29) is 0 Å². The molecule has 0 atom stereocenters. The minimum absolute atomic E-state index is 0.377. The van der Waals surface area contributed by atoms with Crippen LogP contribution < -0.4 is 11.2 Å². The van der Waals surface area contributed by atoms with Crippen LogP contribution >= 0.6 is 0 Å². The Hall–Kier alpha value is -1.58. The zero-order valence-corrected chi connectivity index (χ0v) is 7.32. The molecule has 0 spiro atoms. The fraction of sp³-hybridized carbons (Fsp3) is 0.429. The van der Waals surface area contributed by atoms with Crippen molar-refractivity contribution in [3.05, 3.63) is 11.8 Å². The second kappa shape index (κ2) is 4.45. The Bertz CT molecular complexity index is 313. The summed E-state index contributed by atoms with van der Waals surface area (Å²) in [6, 6.07) is 1.94. The number of nitrogens with two attached hydrogens (primary N) is 1. The van der Waals surface area contributed by atoms with E-state index in [1.165, 1.54) is 10.9 Å². The Labute approximate surface area is 75.8 Å². The van der Waals surface area contributed by atoms with Crippen molar-refractivity contribution in [2.75, 3.05) is 19.4 Å². The average Bonchev–Trinajstić information content (AvgIpc) is 2.48. The van der Waals surface area contributed by atoms with Crippen LogP contribution in [0.4, 0.5) is 5.82 Å². The van der Waals surface area contributed by atoms with E-state index in [4.69, 9.17) is 15.8 Å². The molecule has 1 heterocycles. The van der Waals surface area contributed by atoms with E-state index in [0.717, 1.165) is 0 Å². The van der Waals surface area contributed by atoms with Crippen LogP contribution in [0.2, 0.25) is 0 Å². The van der Waals surface area contributed by atoms with E-state index in [2.05, 4.69) is 10.6 Å². The van der Waals surface area contributed by atoms with Crippen molar-refractivity contribution in [1.29, 1.82) is 5.26 Å². The first kappa shape index (κ1) is 9.51. The molecule has 1 aromatic rings. The maximum atomic E-state index is 8.58. The van der Waals surface area contributed by atoms with Gasteiger partial charge in [-0.25, -0.2) is 10.2 Å². The largest absolute Gasteiger partial charge is 0.383 e. The molecule has 6 heteroatoms. The summed E-state index contributed by atoms with van der Waals surface area (Å²) < 4.78 is 1.52. The van der Waals surface area contributed by atoms with E-state index in [9.17, 15) is 0 Å². The first-order valence-corrected chi connectivity index (χ1v) is 3.79. The normalized spacial score (nSPS) is 9.85. The molecule has 0 bridgehead atoms. The molecule has 0 unspecified atom stereocenters. The number of nitrogens with one attached hydrogen (secondary N) is 1. The maximum Gasteiger partial charge on any atom is 0.139 e. The lowest BCUT2D eigenvalue weighted by Gasteiger charge is -2.03. The minimum Gasteiger partial charge on any atom is -0.383 e. The van der Waals surface area contributed by atoms with Gasteiger partial charge in [-0.3, -0.25) is 0 Å². The highest BCUT2D eigenvalue weighted by molar-refractivity contribution is 5.47. The van der Waals surface area contributed by atoms with Gasteiger partial charge >= 0.3 is 0 Å². The number of hydrogen-bond acceptors (Lipinski definition) is 5. The minimum atomic E-state index is 0.377. The van der Waals surface area contributed by atoms with Gasteiger partial charge in [-0.2, -0.15) is 10.4 Å². The Morgan fingerprint density at radius 2 is 2.62 bits per heavy atom. The van der Waals surface area contributed by atoms with E-state index in [1.54, 1.807) is 7.05 Å². The quantitative estimate of drug-likeness (QED) is 0.482. The summed E-state index contributed by atoms with van der Waals surface area (Å²) >= 11 is 0. The molecule has 3 N–H and O–H groups in total. The molecule has 0 aliphatic carbocycles. The van der Waals surface area contributed by atoms with Crippen LogP contribution in [0.5, 0.6) is 0 Å². The summed E-state index contributed by atoms with van der Waals surface area (Å²) in [5.74, 6) is 0.377. The molecule has 1 aromatic heterocycles. The van der Waals surface area contributed by atoms with Crippen molar-refractivity contribution in [1.82, 2.24) is 15.3 Å². The van der Waals surface area contributed by atoms with Gasteiger partial charge in [0.2, 0.25) is 0 Å². The topological polar surface area (TPSA) is 88.9 Å². The standard InChI is InChI=1S/C7H11N5O/c1-10-13-3-2-12-7(9)6(4-8)5-11-12/h5,10H,2-3,9H2,1H3. The van der Waals surface area contributed by atoms with Crippen molar-refractivity contribution in [2.45, 2.75) is 6.54 Å². The number of nitrogens with zero attached hydrogens (tertiary/aromatic N) is 3. The van der Waals surface area contributed by atoms with E-state index in [1.807, 2.05) is 6.07 Å². The summed E-state index contributed by atoms with van der Waals surface area (Å²) in [5.41, 5.74) is 8.52. The Balaban J connectivity index is 2.58. The molecule has 0 radical (unpaired) electrons. The van der Waals surface area contributed by atoms with Crippen molar-refractivity contribution in [3.8, 4) is 6.07 Å². The zero-order chi connectivity index (χ0) is 9.68. The first-order chi connectivity index (χ1) is 6.29. The van der Waals surface area contributed by atoms with Crippen LogP contribution in [-0.4, -0.2) is 23.4 Å². The number of anilines is 1. The molecule has 0 fully saturated rings. The van der Waals surface area contributed by atoms with Gasteiger partial charge in [0.25, 0.3) is 0 Å². The van der Waals surface area contributed by atoms with Crippen LogP contribution in [0.15, 0.2) is 6.20 Å². The molecule has 1 rings (SSSR count). The smallest absolute Gasteiger partial charge is 0.139 e. The fourth-order valence-electron chi connectivity index (χ4n) is 0.893. The Morgan fingerprint density at radius 1 is 1.85 bits per heavy atom. The molecule has 0 amide bonds. The highest BCUT2D eigenvalue weighted by Gasteiger charge is 2.05. The molecule has 70 valence electrons. The van der Waals surface area contributed by atoms with Gasteiger partial charge in [0.15, 0.2) is 0 Å². The molecule has 6 nitrogen and oxygen atoms in total. The lowest BCUT2D eigenvalue weighted by molar-refractivity contribution is 0.0509. The van der Waals surface area contributed by atoms with Crippen LogP contribution in [-0.2, 0) is 11.4 Å². The van der Waals surface area contributed by atoms with Gasteiger partial charge in [0.05, 0.1) is 19.3 Å². The molecular formula is C7H11N5O. The predicted molar refractivity (Wildman–Crippen MR) is 46.4 cm³/mol. The maximum absolute atomic E-state index is 8.58. The van der Waals surface area contributed by atoms with Crippen molar-refractivity contribution < 1.29 is 4.84 Å². The molecule has 13 heavy (non-hydrogen) atoms. The van der Waals surface area contributed by atoms with Crippen LogP contribution in [0.1, 0.15) is 5.56 Å². The molecule has 0 saturated heterocycles. The molecule has 0 aliphatic rings. The second-order valence-electron chi connectivity index (χ2n) is 2.33. The number of nitrogen functional groups attached to an aromatic ring is 1. The summed E-state index contributed by atoms with van der Waals surface area (Å²) in [5, 5.41) is 12.5. The first-order valence-electron chi connectivity index (χ1n) is 3.79. The molecule has 0 saturated carbocycles. The molecule has 0 aromatic carbocycles. The lowest BCUT2D eigenvalue weighted by Crippen LogP contribution is -2.15. The van der Waals surface area contributed by atoms with Crippen LogP contribution in [0.25, 0.3) is 0 Å². The third-order valence-corrected chi connectivity index (χ3v) is 1.55. The Morgan fingerprint density at radius 3 is 3.15 bits per heavy atom. The van der Waals surface area contributed by atoms with Crippen molar-refractivity contribution in [2.24, 2.45) is 0 Å². The Kier molecular flexibility index (Phi) is 3.25.